The number of piperidine rings is 1. The number of nitrogens with one attached hydrogen (secondary N) is 2. The van der Waals surface area contributed by atoms with Gasteiger partial charge in [0, 0.05) is 49.2 Å². The van der Waals surface area contributed by atoms with Gasteiger partial charge in [-0.3, -0.25) is 4.79 Å². The number of aromatic nitrogens is 1. The van der Waals surface area contributed by atoms with Crippen molar-refractivity contribution in [1.29, 1.82) is 0 Å². The van der Waals surface area contributed by atoms with Crippen molar-refractivity contribution in [2.75, 3.05) is 23.3 Å². The second-order valence-electron chi connectivity index (χ2n) is 8.71. The molecule has 2 N–H and O–H groups in total. The molecule has 0 saturated carbocycles. The van der Waals surface area contributed by atoms with Gasteiger partial charge in [-0.25, -0.2) is 9.78 Å². The molecule has 8 heteroatoms. The maximum Gasteiger partial charge on any atom is 0.407 e. The highest BCUT2D eigenvalue weighted by Crippen LogP contribution is 2.34. The number of carbonyl (C=O) groups excluding carboxylic acids is 2. The molecule has 1 atom stereocenters. The van der Waals surface area contributed by atoms with Crippen LogP contribution in [0.4, 0.5) is 16.2 Å². The zero-order valence-corrected chi connectivity index (χ0v) is 19.1. The van der Waals surface area contributed by atoms with Crippen LogP contribution in [0, 0.1) is 0 Å². The quantitative estimate of drug-likeness (QED) is 0.658. The molecule has 0 radical (unpaired) electrons. The average molecular weight is 445 g/mol. The van der Waals surface area contributed by atoms with Gasteiger partial charge in [-0.1, -0.05) is 23.7 Å². The fourth-order valence-electron chi connectivity index (χ4n) is 3.63. The molecule has 2 amide bonds. The highest BCUT2D eigenvalue weighted by molar-refractivity contribution is 6.29. The third kappa shape index (κ3) is 6.59. The lowest BCUT2D eigenvalue weighted by molar-refractivity contribution is -0.114. The normalized spacial score (nSPS) is 16.5. The van der Waals surface area contributed by atoms with Crippen LogP contribution in [0.3, 0.4) is 0 Å². The summed E-state index contributed by atoms with van der Waals surface area (Å²) in [5, 5.41) is 6.17. The van der Waals surface area contributed by atoms with Gasteiger partial charge in [0.15, 0.2) is 0 Å². The second-order valence-corrected chi connectivity index (χ2v) is 9.10. The molecule has 166 valence electrons. The fraction of sp³-hybridized carbons (Fsp3) is 0.435. The van der Waals surface area contributed by atoms with Crippen LogP contribution in [0.15, 0.2) is 36.5 Å². The summed E-state index contributed by atoms with van der Waals surface area (Å²) in [7, 11) is 0. The van der Waals surface area contributed by atoms with Crippen molar-refractivity contribution in [1.82, 2.24) is 10.3 Å². The lowest BCUT2D eigenvalue weighted by Crippen LogP contribution is -2.49. The summed E-state index contributed by atoms with van der Waals surface area (Å²) < 4.78 is 5.40. The maximum absolute atomic E-state index is 12.2. The Labute approximate surface area is 188 Å². The molecular formula is C23H29ClN4O3. The molecule has 1 aromatic heterocycles. The van der Waals surface area contributed by atoms with Gasteiger partial charge in [-0.2, -0.15) is 0 Å². The van der Waals surface area contributed by atoms with Crippen LogP contribution in [-0.2, 0) is 9.53 Å². The van der Waals surface area contributed by atoms with Crippen LogP contribution in [0.1, 0.15) is 40.5 Å². The molecule has 1 aliphatic rings. The predicted octanol–water partition coefficient (Wildman–Crippen LogP) is 4.85. The van der Waals surface area contributed by atoms with Gasteiger partial charge in [0.05, 0.1) is 0 Å². The number of hydrogen-bond donors (Lipinski definition) is 2. The highest BCUT2D eigenvalue weighted by Gasteiger charge is 2.26. The Balaban J connectivity index is 1.79. The molecule has 0 unspecified atom stereocenters. The van der Waals surface area contributed by atoms with E-state index in [1.54, 1.807) is 6.20 Å². The highest BCUT2D eigenvalue weighted by atomic mass is 35.5. The van der Waals surface area contributed by atoms with Crippen molar-refractivity contribution in [3.05, 3.63) is 41.7 Å². The number of benzene rings is 1. The van der Waals surface area contributed by atoms with E-state index < -0.39 is 11.7 Å². The van der Waals surface area contributed by atoms with Crippen molar-refractivity contribution in [3.8, 4) is 11.1 Å². The number of ether oxygens (including phenoxy) is 1. The number of carbonyl (C=O) groups is 2. The summed E-state index contributed by atoms with van der Waals surface area (Å²) >= 11 is 6.22. The molecular weight excluding hydrogens is 416 g/mol. The van der Waals surface area contributed by atoms with Crippen molar-refractivity contribution >= 4 is 35.0 Å². The van der Waals surface area contributed by atoms with Crippen molar-refractivity contribution in [3.63, 3.8) is 0 Å². The SMILES string of the molecule is CC(=O)Nc1ccc(-c2cnc(Cl)cc2N2CCC[C@H](NC(=O)OC(C)(C)C)C2)cc1. The number of alkyl carbamates (subject to hydrolysis) is 1. The first-order chi connectivity index (χ1) is 14.6. The minimum atomic E-state index is -0.534. The first-order valence-electron chi connectivity index (χ1n) is 10.4. The van der Waals surface area contributed by atoms with E-state index in [1.807, 2.05) is 51.1 Å². The van der Waals surface area contributed by atoms with E-state index in [0.29, 0.717) is 11.7 Å². The molecule has 0 aliphatic carbocycles. The second kappa shape index (κ2) is 9.56. The molecule has 0 spiro atoms. The Morgan fingerprint density at radius 3 is 2.58 bits per heavy atom. The summed E-state index contributed by atoms with van der Waals surface area (Å²) in [5.74, 6) is -0.113. The summed E-state index contributed by atoms with van der Waals surface area (Å²) in [4.78, 5) is 30.0. The Kier molecular flexibility index (Phi) is 7.05. The van der Waals surface area contributed by atoms with Gasteiger partial charge in [0.1, 0.15) is 10.8 Å². The standard InChI is InChI=1S/C23H29ClN4O3/c1-15(29)26-17-9-7-16(8-10-17)19-13-25-21(24)12-20(19)28-11-5-6-18(14-28)27-22(30)31-23(2,3)4/h7-10,12-13,18H,5-6,11,14H2,1-4H3,(H,26,29)(H,27,30)/t18-/m0/s1. The van der Waals surface area contributed by atoms with Crippen molar-refractivity contribution < 1.29 is 14.3 Å². The molecule has 31 heavy (non-hydrogen) atoms. The summed E-state index contributed by atoms with van der Waals surface area (Å²) in [5.41, 5.74) is 3.07. The molecule has 3 rings (SSSR count). The van der Waals surface area contributed by atoms with Crippen LogP contribution >= 0.6 is 11.6 Å². The summed E-state index contributed by atoms with van der Waals surface area (Å²) in [6.07, 6.45) is 3.17. The van der Waals surface area contributed by atoms with Crippen molar-refractivity contribution in [2.24, 2.45) is 0 Å². The van der Waals surface area contributed by atoms with Gasteiger partial charge in [0.2, 0.25) is 5.91 Å². The van der Waals surface area contributed by atoms with Crippen LogP contribution in [0.5, 0.6) is 0 Å². The van der Waals surface area contributed by atoms with E-state index >= 15 is 0 Å². The summed E-state index contributed by atoms with van der Waals surface area (Å²) in [6.45, 7) is 8.53. The fourth-order valence-corrected chi connectivity index (χ4v) is 3.78. The topological polar surface area (TPSA) is 83.6 Å². The molecule has 1 aliphatic heterocycles. The number of nitrogens with zero attached hydrogens (tertiary/aromatic N) is 2. The Morgan fingerprint density at radius 1 is 1.23 bits per heavy atom. The third-order valence-electron chi connectivity index (χ3n) is 4.85. The van der Waals surface area contributed by atoms with Gasteiger partial charge in [-0.05, 0) is 57.4 Å². The molecule has 1 aromatic carbocycles. The average Bonchev–Trinajstić information content (AvgIpc) is 2.67. The minimum Gasteiger partial charge on any atom is -0.444 e. The first kappa shape index (κ1) is 22.9. The van der Waals surface area contributed by atoms with Crippen LogP contribution in [0.2, 0.25) is 5.15 Å². The lowest BCUT2D eigenvalue weighted by Gasteiger charge is -2.36. The largest absolute Gasteiger partial charge is 0.444 e. The Hall–Kier alpha value is -2.80. The minimum absolute atomic E-state index is 0.0227. The van der Waals surface area contributed by atoms with Gasteiger partial charge in [-0.15, -0.1) is 0 Å². The van der Waals surface area contributed by atoms with E-state index in [0.717, 1.165) is 41.9 Å². The molecule has 7 nitrogen and oxygen atoms in total. The monoisotopic (exact) mass is 444 g/mol. The maximum atomic E-state index is 12.2. The number of pyridine rings is 1. The summed E-state index contributed by atoms with van der Waals surface area (Å²) in [6, 6.07) is 9.44. The first-order valence-corrected chi connectivity index (χ1v) is 10.8. The van der Waals surface area contributed by atoms with Gasteiger partial charge in [0.25, 0.3) is 0 Å². The van der Waals surface area contributed by atoms with E-state index in [2.05, 4.69) is 20.5 Å². The van der Waals surface area contributed by atoms with E-state index in [-0.39, 0.29) is 11.9 Å². The van der Waals surface area contributed by atoms with E-state index in [4.69, 9.17) is 16.3 Å². The number of hydrogen-bond acceptors (Lipinski definition) is 5. The third-order valence-corrected chi connectivity index (χ3v) is 5.05. The number of amides is 2. The molecule has 1 fully saturated rings. The van der Waals surface area contributed by atoms with Crippen LogP contribution in [0.25, 0.3) is 11.1 Å². The number of halogens is 1. The molecule has 0 bridgehead atoms. The molecule has 2 aromatic rings. The van der Waals surface area contributed by atoms with Crippen LogP contribution < -0.4 is 15.5 Å². The zero-order valence-electron chi connectivity index (χ0n) is 18.4. The Morgan fingerprint density at radius 2 is 1.94 bits per heavy atom. The van der Waals surface area contributed by atoms with Gasteiger partial charge < -0.3 is 20.3 Å². The van der Waals surface area contributed by atoms with E-state index in [1.165, 1.54) is 6.92 Å². The number of rotatable bonds is 4. The lowest BCUT2D eigenvalue weighted by atomic mass is 10.0. The smallest absolute Gasteiger partial charge is 0.407 e. The van der Waals surface area contributed by atoms with Gasteiger partial charge >= 0.3 is 6.09 Å². The Bertz CT molecular complexity index is 941. The predicted molar refractivity (Wildman–Crippen MR) is 124 cm³/mol. The number of anilines is 2. The molecule has 1 saturated heterocycles. The zero-order chi connectivity index (χ0) is 22.6. The van der Waals surface area contributed by atoms with E-state index in [9.17, 15) is 9.59 Å². The van der Waals surface area contributed by atoms with Crippen LogP contribution in [-0.4, -0.2) is 41.7 Å². The molecule has 2 heterocycles. The van der Waals surface area contributed by atoms with Crippen molar-refractivity contribution in [2.45, 2.75) is 52.2 Å².